The Hall–Kier alpha value is -0.460. The van der Waals surface area contributed by atoms with Gasteiger partial charge in [-0.2, -0.15) is 4.57 Å². The van der Waals surface area contributed by atoms with E-state index < -0.39 is 0 Å². The van der Waals surface area contributed by atoms with E-state index in [1.54, 1.807) is 11.3 Å². The minimum absolute atomic E-state index is 0. The number of thiazole rings is 1. The molecule has 0 spiro atoms. The highest BCUT2D eigenvalue weighted by atomic mass is 79.9. The average molecular weight is 393 g/mol. The number of nitrogens with zero attached hydrogens (tertiary/aromatic N) is 2. The number of rotatable bonds is 10. The summed E-state index contributed by atoms with van der Waals surface area (Å²) in [6.45, 7) is 8.64. The van der Waals surface area contributed by atoms with E-state index in [4.69, 9.17) is 5.11 Å². The molecule has 0 fully saturated rings. The molecule has 1 amide bonds. The molecule has 0 radical (unpaired) electrons. The van der Waals surface area contributed by atoms with Gasteiger partial charge in [-0.05, 0) is 12.8 Å². The van der Waals surface area contributed by atoms with Gasteiger partial charge >= 0.3 is 0 Å². The predicted molar refractivity (Wildman–Crippen MR) is 86.4 cm³/mol. The summed E-state index contributed by atoms with van der Waals surface area (Å²) in [5.41, 5.74) is 3.10. The molecule has 0 atom stereocenters. The predicted octanol–water partition coefficient (Wildman–Crippen LogP) is -0.688. The largest absolute Gasteiger partial charge is 1.00 e. The third-order valence-corrected chi connectivity index (χ3v) is 4.86. The van der Waals surface area contributed by atoms with Crippen LogP contribution in [0.2, 0.25) is 0 Å². The van der Waals surface area contributed by atoms with Crippen molar-refractivity contribution >= 4 is 17.2 Å². The van der Waals surface area contributed by atoms with Gasteiger partial charge in [0.05, 0.1) is 4.88 Å². The Morgan fingerprint density at radius 2 is 1.86 bits per heavy atom. The van der Waals surface area contributed by atoms with Gasteiger partial charge in [0, 0.05) is 33.0 Å². The number of halogens is 1. The van der Waals surface area contributed by atoms with Gasteiger partial charge in [-0.25, -0.2) is 0 Å². The number of carbonyl (C=O) groups excluding carboxylic acids is 1. The van der Waals surface area contributed by atoms with Crippen molar-refractivity contribution in [1.29, 1.82) is 0 Å². The van der Waals surface area contributed by atoms with Crippen LogP contribution in [0.3, 0.4) is 0 Å². The standard InChI is InChI=1S/C16H29N2O2S.BrH/c1-4-6-9-17(10-7-5-2)16(20)12-18-13-21-15(8-11-19)14(18)3;/h13,19H,4-12H2,1-3H3;1H/q+1;/p-1. The van der Waals surface area contributed by atoms with Crippen LogP contribution in [0, 0.1) is 6.92 Å². The Balaban J connectivity index is 0.00000441. The van der Waals surface area contributed by atoms with E-state index in [0.29, 0.717) is 13.0 Å². The molecule has 1 aromatic rings. The maximum Gasteiger partial charge on any atom is 0.288 e. The third kappa shape index (κ3) is 6.75. The normalized spacial score (nSPS) is 10.4. The van der Waals surface area contributed by atoms with Crippen LogP contribution in [0.1, 0.15) is 50.1 Å². The summed E-state index contributed by atoms with van der Waals surface area (Å²) in [4.78, 5) is 15.7. The average Bonchev–Trinajstić information content (AvgIpc) is 2.81. The van der Waals surface area contributed by atoms with E-state index in [1.165, 1.54) is 4.88 Å². The quantitative estimate of drug-likeness (QED) is 0.535. The zero-order chi connectivity index (χ0) is 15.7. The van der Waals surface area contributed by atoms with Gasteiger partial charge in [0.2, 0.25) is 12.1 Å². The Morgan fingerprint density at radius 1 is 1.27 bits per heavy atom. The van der Waals surface area contributed by atoms with Gasteiger partial charge in [0.15, 0.2) is 5.69 Å². The van der Waals surface area contributed by atoms with Crippen molar-refractivity contribution in [2.45, 2.75) is 59.4 Å². The van der Waals surface area contributed by atoms with E-state index in [-0.39, 0.29) is 29.5 Å². The summed E-state index contributed by atoms with van der Waals surface area (Å²) < 4.78 is 2.02. The monoisotopic (exact) mass is 392 g/mol. The second kappa shape index (κ2) is 12.0. The first-order valence-corrected chi connectivity index (χ1v) is 8.87. The van der Waals surface area contributed by atoms with Gasteiger partial charge in [0.25, 0.3) is 5.91 Å². The van der Waals surface area contributed by atoms with Crippen LogP contribution in [-0.2, 0) is 17.8 Å². The number of carbonyl (C=O) groups is 1. The zero-order valence-electron chi connectivity index (χ0n) is 14.0. The highest BCUT2D eigenvalue weighted by molar-refractivity contribution is 7.09. The first-order valence-electron chi connectivity index (χ1n) is 7.99. The minimum atomic E-state index is 0. The highest BCUT2D eigenvalue weighted by Crippen LogP contribution is 2.11. The van der Waals surface area contributed by atoms with Crippen LogP contribution in [0.25, 0.3) is 0 Å². The fraction of sp³-hybridized carbons (Fsp3) is 0.750. The number of aliphatic hydroxyl groups is 1. The first-order chi connectivity index (χ1) is 10.1. The Bertz CT molecular complexity index is 430. The molecule has 0 unspecified atom stereocenters. The maximum atomic E-state index is 12.5. The molecule has 0 aliphatic rings. The Kier molecular flexibility index (Phi) is 11.8. The number of unbranched alkanes of at least 4 members (excludes halogenated alkanes) is 2. The second-order valence-electron chi connectivity index (χ2n) is 5.42. The topological polar surface area (TPSA) is 44.4 Å². The van der Waals surface area contributed by atoms with Crippen molar-refractivity contribution in [1.82, 2.24) is 4.90 Å². The first kappa shape index (κ1) is 21.5. The van der Waals surface area contributed by atoms with E-state index in [9.17, 15) is 4.79 Å². The van der Waals surface area contributed by atoms with Gasteiger partial charge in [-0.1, -0.05) is 38.0 Å². The molecule has 1 heterocycles. The molecule has 0 aliphatic heterocycles. The van der Waals surface area contributed by atoms with Crippen molar-refractivity contribution in [3.8, 4) is 0 Å². The molecule has 0 aromatic carbocycles. The Morgan fingerprint density at radius 3 is 2.36 bits per heavy atom. The minimum Gasteiger partial charge on any atom is -1.00 e. The molecule has 1 N–H and O–H groups in total. The summed E-state index contributed by atoms with van der Waals surface area (Å²) in [6.07, 6.45) is 5.03. The van der Waals surface area contributed by atoms with Crippen LogP contribution in [0.15, 0.2) is 5.51 Å². The molecule has 0 saturated carbocycles. The number of aromatic nitrogens is 1. The Labute approximate surface area is 148 Å². The molecular weight excluding hydrogens is 364 g/mol. The molecule has 0 aliphatic carbocycles. The lowest BCUT2D eigenvalue weighted by Gasteiger charge is -2.20. The van der Waals surface area contributed by atoms with Gasteiger partial charge in [0.1, 0.15) is 0 Å². The van der Waals surface area contributed by atoms with Gasteiger partial charge in [-0.15, -0.1) is 0 Å². The van der Waals surface area contributed by atoms with Crippen LogP contribution in [-0.4, -0.2) is 35.6 Å². The highest BCUT2D eigenvalue weighted by Gasteiger charge is 2.21. The molecular formula is C16H29BrN2O2S. The molecule has 0 saturated heterocycles. The molecule has 0 bridgehead atoms. The number of aliphatic hydroxyl groups excluding tert-OH is 1. The van der Waals surface area contributed by atoms with Crippen molar-refractivity contribution in [2.24, 2.45) is 0 Å². The molecule has 1 rings (SSSR count). The van der Waals surface area contributed by atoms with E-state index in [2.05, 4.69) is 13.8 Å². The molecule has 1 aromatic heterocycles. The van der Waals surface area contributed by atoms with Crippen molar-refractivity contribution in [3.05, 3.63) is 16.1 Å². The summed E-state index contributed by atoms with van der Waals surface area (Å²) in [5.74, 6) is 0.207. The summed E-state index contributed by atoms with van der Waals surface area (Å²) in [7, 11) is 0. The van der Waals surface area contributed by atoms with E-state index in [0.717, 1.165) is 44.5 Å². The smallest absolute Gasteiger partial charge is 0.288 e. The molecule has 128 valence electrons. The summed E-state index contributed by atoms with van der Waals surface area (Å²) >= 11 is 1.62. The number of hydrogen-bond donors (Lipinski definition) is 1. The lowest BCUT2D eigenvalue weighted by atomic mass is 10.2. The van der Waals surface area contributed by atoms with Crippen LogP contribution < -0.4 is 21.5 Å². The molecule has 22 heavy (non-hydrogen) atoms. The van der Waals surface area contributed by atoms with Crippen molar-refractivity contribution in [3.63, 3.8) is 0 Å². The zero-order valence-corrected chi connectivity index (χ0v) is 16.4. The fourth-order valence-electron chi connectivity index (χ4n) is 2.25. The fourth-order valence-corrected chi connectivity index (χ4v) is 3.24. The van der Waals surface area contributed by atoms with Gasteiger partial charge < -0.3 is 27.0 Å². The van der Waals surface area contributed by atoms with Gasteiger partial charge in [-0.3, -0.25) is 4.79 Å². The molecule has 6 heteroatoms. The van der Waals surface area contributed by atoms with Crippen LogP contribution in [0.5, 0.6) is 0 Å². The lowest BCUT2D eigenvalue weighted by Crippen LogP contribution is -3.00. The van der Waals surface area contributed by atoms with Crippen LogP contribution >= 0.6 is 11.3 Å². The summed E-state index contributed by atoms with van der Waals surface area (Å²) in [5, 5.41) is 9.04. The third-order valence-electron chi connectivity index (χ3n) is 3.72. The second-order valence-corrected chi connectivity index (χ2v) is 6.36. The number of hydrogen-bond acceptors (Lipinski definition) is 3. The van der Waals surface area contributed by atoms with E-state index >= 15 is 0 Å². The maximum absolute atomic E-state index is 12.5. The lowest BCUT2D eigenvalue weighted by molar-refractivity contribution is -0.686. The molecule has 4 nitrogen and oxygen atoms in total. The van der Waals surface area contributed by atoms with Crippen molar-refractivity contribution in [2.75, 3.05) is 19.7 Å². The number of amides is 1. The SMILES string of the molecule is CCCCN(CCCC)C(=O)C[n+]1csc(CCO)c1C.[Br-]. The van der Waals surface area contributed by atoms with Crippen LogP contribution in [0.4, 0.5) is 0 Å². The van der Waals surface area contributed by atoms with E-state index in [1.807, 2.05) is 21.9 Å². The van der Waals surface area contributed by atoms with Crippen molar-refractivity contribution < 1.29 is 31.4 Å². The summed E-state index contributed by atoms with van der Waals surface area (Å²) in [6, 6.07) is 0.